The summed E-state index contributed by atoms with van der Waals surface area (Å²) in [6.45, 7) is 0. The fourth-order valence-electron chi connectivity index (χ4n) is 0. The molecule has 29 valence electrons. The third-order valence-corrected chi connectivity index (χ3v) is 0. The summed E-state index contributed by atoms with van der Waals surface area (Å²) in [6.07, 6.45) is 0. The molecule has 1 atom stereocenters. The molecule has 0 aliphatic rings. The summed E-state index contributed by atoms with van der Waals surface area (Å²) in [5.74, 6) is 0. The SMILES string of the molecule is O.P.[Fe].[V]. The van der Waals surface area contributed by atoms with Crippen LogP contribution in [0.2, 0.25) is 0 Å². The van der Waals surface area contributed by atoms with Crippen molar-refractivity contribution in [1.29, 1.82) is 0 Å². The molecule has 0 heterocycles. The molecule has 4 heavy (non-hydrogen) atoms. The van der Waals surface area contributed by atoms with Gasteiger partial charge >= 0.3 is 0 Å². The van der Waals surface area contributed by atoms with Crippen molar-refractivity contribution in [2.75, 3.05) is 0 Å². The van der Waals surface area contributed by atoms with Crippen molar-refractivity contribution in [2.45, 2.75) is 0 Å². The van der Waals surface area contributed by atoms with Crippen molar-refractivity contribution >= 4 is 9.90 Å². The molecule has 1 nitrogen and oxygen atoms in total. The summed E-state index contributed by atoms with van der Waals surface area (Å²) in [6, 6.07) is 0. The summed E-state index contributed by atoms with van der Waals surface area (Å²) in [4.78, 5) is 0. The maximum absolute atomic E-state index is 0. The average Bonchev–Trinajstić information content (AvgIpc) is 0. The molecule has 0 aliphatic carbocycles. The van der Waals surface area contributed by atoms with Crippen LogP contribution in [0, 0.1) is 0 Å². The Hall–Kier alpha value is 1.49. The third-order valence-electron chi connectivity index (χ3n) is 0. The van der Waals surface area contributed by atoms with Crippen molar-refractivity contribution in [3.8, 4) is 0 Å². The normalized spacial score (nSPS) is 0. The van der Waals surface area contributed by atoms with Gasteiger partial charge in [0, 0.05) is 35.6 Å². The van der Waals surface area contributed by atoms with Crippen LogP contribution in [0.3, 0.4) is 0 Å². The molecular weight excluding hydrogens is 154 g/mol. The quantitative estimate of drug-likeness (QED) is 0.328. The molecule has 1 unspecified atom stereocenters. The Morgan fingerprint density at radius 2 is 1.00 bits per heavy atom. The van der Waals surface area contributed by atoms with Gasteiger partial charge in [0.2, 0.25) is 0 Å². The molecule has 0 saturated carbocycles. The van der Waals surface area contributed by atoms with Gasteiger partial charge in [0.05, 0.1) is 0 Å². The van der Waals surface area contributed by atoms with Crippen molar-refractivity contribution in [3.05, 3.63) is 0 Å². The predicted octanol–water partition coefficient (Wildman–Crippen LogP) is -0.772. The fraction of sp³-hybridized carbons (Fsp3) is 0. The van der Waals surface area contributed by atoms with Crippen LogP contribution in [0.25, 0.3) is 0 Å². The molecule has 1 radical (unpaired) electrons. The largest absolute Gasteiger partial charge is 0.412 e. The summed E-state index contributed by atoms with van der Waals surface area (Å²) in [5, 5.41) is 0. The Balaban J connectivity index is 0. The van der Waals surface area contributed by atoms with E-state index in [1.54, 1.807) is 0 Å². The van der Waals surface area contributed by atoms with Crippen LogP contribution in [0.15, 0.2) is 0 Å². The van der Waals surface area contributed by atoms with Gasteiger partial charge in [0.1, 0.15) is 0 Å². The second kappa shape index (κ2) is 24.6. The van der Waals surface area contributed by atoms with Gasteiger partial charge in [-0.3, -0.25) is 0 Å². The predicted molar refractivity (Wildman–Crippen MR) is 14.7 cm³/mol. The van der Waals surface area contributed by atoms with E-state index in [9.17, 15) is 0 Å². The van der Waals surface area contributed by atoms with Gasteiger partial charge in [-0.05, 0) is 0 Å². The summed E-state index contributed by atoms with van der Waals surface area (Å²) in [7, 11) is 0. The van der Waals surface area contributed by atoms with Crippen LogP contribution < -0.4 is 0 Å². The molecule has 2 N–H and O–H groups in total. The van der Waals surface area contributed by atoms with Crippen LogP contribution in [0.4, 0.5) is 0 Å². The molecule has 4 heteroatoms. The van der Waals surface area contributed by atoms with E-state index in [-0.39, 0.29) is 51.0 Å². The van der Waals surface area contributed by atoms with Crippen LogP contribution in [0.1, 0.15) is 0 Å². The first-order chi connectivity index (χ1) is 0. The minimum absolute atomic E-state index is 0. The molecule has 0 amide bonds. The minimum atomic E-state index is 0. The molecule has 0 spiro atoms. The van der Waals surface area contributed by atoms with Gasteiger partial charge < -0.3 is 5.48 Å². The molecule has 0 aliphatic heterocycles. The molecular formula is H5FeOPV. The van der Waals surface area contributed by atoms with Gasteiger partial charge in [0.15, 0.2) is 0 Å². The van der Waals surface area contributed by atoms with E-state index in [4.69, 9.17) is 0 Å². The minimum Gasteiger partial charge on any atom is -0.412 e. The van der Waals surface area contributed by atoms with E-state index in [1.165, 1.54) is 0 Å². The van der Waals surface area contributed by atoms with Crippen molar-refractivity contribution in [2.24, 2.45) is 0 Å². The van der Waals surface area contributed by atoms with E-state index in [2.05, 4.69) is 0 Å². The molecule has 0 aromatic rings. The fourth-order valence-corrected chi connectivity index (χ4v) is 0. The molecule has 0 bridgehead atoms. The van der Waals surface area contributed by atoms with Crippen molar-refractivity contribution < 1.29 is 41.1 Å². The number of hydrogen-bond donors (Lipinski definition) is 0. The Morgan fingerprint density at radius 1 is 1.00 bits per heavy atom. The Bertz CT molecular complexity index is 8.00. The molecule has 0 rings (SSSR count). The van der Waals surface area contributed by atoms with Gasteiger partial charge in [0.25, 0.3) is 0 Å². The van der Waals surface area contributed by atoms with Crippen molar-refractivity contribution in [3.63, 3.8) is 0 Å². The van der Waals surface area contributed by atoms with E-state index in [0.717, 1.165) is 0 Å². The van der Waals surface area contributed by atoms with Gasteiger partial charge in [-0.25, -0.2) is 0 Å². The van der Waals surface area contributed by atoms with E-state index in [0.29, 0.717) is 0 Å². The first-order valence-electron chi connectivity index (χ1n) is 0. The summed E-state index contributed by atoms with van der Waals surface area (Å²) in [5.41, 5.74) is 0. The Morgan fingerprint density at radius 3 is 1.00 bits per heavy atom. The third kappa shape index (κ3) is 9.74. The van der Waals surface area contributed by atoms with Gasteiger partial charge in [-0.15, -0.1) is 0 Å². The molecule has 0 fully saturated rings. The smallest absolute Gasteiger partial charge is 0 e. The Kier molecular flexibility index (Phi) is 306. The van der Waals surface area contributed by atoms with Gasteiger partial charge in [-0.1, -0.05) is 0 Å². The average molecular weight is 159 g/mol. The Labute approximate surface area is 51.2 Å². The van der Waals surface area contributed by atoms with E-state index in [1.807, 2.05) is 0 Å². The summed E-state index contributed by atoms with van der Waals surface area (Å²) < 4.78 is 0. The van der Waals surface area contributed by atoms with E-state index < -0.39 is 0 Å². The molecule has 0 saturated heterocycles. The monoisotopic (exact) mass is 159 g/mol. The second-order valence-electron chi connectivity index (χ2n) is 0. The first kappa shape index (κ1) is 49.7. The van der Waals surface area contributed by atoms with Crippen LogP contribution in [-0.4, -0.2) is 5.48 Å². The van der Waals surface area contributed by atoms with Crippen LogP contribution in [0.5, 0.6) is 0 Å². The standard InChI is InChI=1S/Fe.H2O.H3P.V/h;1H2;1H3;. The summed E-state index contributed by atoms with van der Waals surface area (Å²) >= 11 is 0. The van der Waals surface area contributed by atoms with Gasteiger partial charge in [-0.2, -0.15) is 9.90 Å². The number of hydrogen-bond acceptors (Lipinski definition) is 0. The molecule has 0 aromatic carbocycles. The zero-order valence-corrected chi connectivity index (χ0v) is 5.92. The maximum Gasteiger partial charge on any atom is 0 e. The van der Waals surface area contributed by atoms with Crippen LogP contribution >= 0.6 is 9.90 Å². The zero-order chi connectivity index (χ0) is 0. The topological polar surface area (TPSA) is 31.5 Å². The van der Waals surface area contributed by atoms with E-state index >= 15 is 0 Å². The first-order valence-corrected chi connectivity index (χ1v) is 0. The molecule has 0 aromatic heterocycles. The van der Waals surface area contributed by atoms with Crippen molar-refractivity contribution in [1.82, 2.24) is 0 Å². The zero-order valence-electron chi connectivity index (χ0n) is 2.01. The van der Waals surface area contributed by atoms with Crippen LogP contribution in [-0.2, 0) is 35.6 Å². The second-order valence-corrected chi connectivity index (χ2v) is 0. The number of rotatable bonds is 0. The maximum atomic E-state index is 0.